The van der Waals surface area contributed by atoms with Gasteiger partial charge in [-0.3, -0.25) is 20.1 Å². The molecule has 1 amide bonds. The summed E-state index contributed by atoms with van der Waals surface area (Å²) < 4.78 is 12.6. The van der Waals surface area contributed by atoms with Gasteiger partial charge in [-0.2, -0.15) is 0 Å². The average Bonchev–Trinajstić information content (AvgIpc) is 2.16. The van der Waals surface area contributed by atoms with Crippen LogP contribution in [-0.4, -0.2) is 16.0 Å². The zero-order valence-electron chi connectivity index (χ0n) is 6.73. The van der Waals surface area contributed by atoms with E-state index in [4.69, 9.17) is 5.21 Å². The third kappa shape index (κ3) is 1.83. The highest BCUT2D eigenvalue weighted by Crippen LogP contribution is 2.18. The molecule has 1 aromatic rings. The van der Waals surface area contributed by atoms with Crippen molar-refractivity contribution in [2.24, 2.45) is 0 Å². The third-order valence-corrected chi connectivity index (χ3v) is 1.50. The van der Waals surface area contributed by atoms with E-state index in [1.807, 2.05) is 0 Å². The van der Waals surface area contributed by atoms with Crippen molar-refractivity contribution in [3.63, 3.8) is 0 Å². The van der Waals surface area contributed by atoms with Gasteiger partial charge in [-0.25, -0.2) is 9.87 Å². The van der Waals surface area contributed by atoms with Crippen molar-refractivity contribution >= 4 is 11.6 Å². The summed E-state index contributed by atoms with van der Waals surface area (Å²) in [6.45, 7) is 0. The van der Waals surface area contributed by atoms with Crippen LogP contribution in [0, 0.1) is 15.9 Å². The van der Waals surface area contributed by atoms with Crippen molar-refractivity contribution < 1.29 is 19.3 Å². The Balaban J connectivity index is 3.29. The van der Waals surface area contributed by atoms with Gasteiger partial charge in [-0.05, 0) is 12.1 Å². The monoisotopic (exact) mass is 200 g/mol. The number of hydrogen-bond donors (Lipinski definition) is 2. The molecule has 0 aliphatic rings. The lowest BCUT2D eigenvalue weighted by Crippen LogP contribution is -2.20. The van der Waals surface area contributed by atoms with E-state index in [9.17, 15) is 19.3 Å². The molecule has 0 fully saturated rings. The van der Waals surface area contributed by atoms with Gasteiger partial charge in [0.15, 0.2) is 0 Å². The Labute approximate surface area is 77.1 Å². The molecule has 2 N–H and O–H groups in total. The molecule has 0 unspecified atom stereocenters. The zero-order valence-corrected chi connectivity index (χ0v) is 6.73. The summed E-state index contributed by atoms with van der Waals surface area (Å²) in [4.78, 5) is 20.4. The Morgan fingerprint density at radius 3 is 2.71 bits per heavy atom. The van der Waals surface area contributed by atoms with Crippen molar-refractivity contribution in [2.75, 3.05) is 0 Å². The fourth-order valence-corrected chi connectivity index (χ4v) is 0.910. The van der Waals surface area contributed by atoms with Gasteiger partial charge in [-0.1, -0.05) is 0 Å². The number of carbonyl (C=O) groups is 1. The van der Waals surface area contributed by atoms with Crippen molar-refractivity contribution in [2.45, 2.75) is 0 Å². The van der Waals surface area contributed by atoms with Gasteiger partial charge in [0, 0.05) is 6.07 Å². The van der Waals surface area contributed by atoms with E-state index in [0.717, 1.165) is 12.1 Å². The first-order chi connectivity index (χ1) is 6.56. The summed E-state index contributed by atoms with van der Waals surface area (Å²) in [5, 5.41) is 18.6. The number of benzene rings is 1. The molecule has 14 heavy (non-hydrogen) atoms. The molecular weight excluding hydrogens is 195 g/mol. The molecule has 0 radical (unpaired) electrons. The first kappa shape index (κ1) is 10.1. The molecule has 0 saturated heterocycles. The van der Waals surface area contributed by atoms with Gasteiger partial charge in [0.2, 0.25) is 0 Å². The normalized spacial score (nSPS) is 9.57. The van der Waals surface area contributed by atoms with E-state index >= 15 is 0 Å². The van der Waals surface area contributed by atoms with Gasteiger partial charge in [0.1, 0.15) is 11.4 Å². The Bertz CT molecular complexity index is 393. The summed E-state index contributed by atoms with van der Waals surface area (Å²) >= 11 is 0. The van der Waals surface area contributed by atoms with Crippen LogP contribution >= 0.6 is 0 Å². The molecule has 0 aliphatic carbocycles. The fourth-order valence-electron chi connectivity index (χ4n) is 0.910. The van der Waals surface area contributed by atoms with Crippen LogP contribution in [0.25, 0.3) is 0 Å². The number of carbonyl (C=O) groups excluding carboxylic acids is 1. The molecule has 0 heterocycles. The van der Waals surface area contributed by atoms with Crippen molar-refractivity contribution in [3.8, 4) is 0 Å². The lowest BCUT2D eigenvalue weighted by molar-refractivity contribution is -0.385. The lowest BCUT2D eigenvalue weighted by atomic mass is 10.1. The Morgan fingerprint density at radius 1 is 1.57 bits per heavy atom. The second-order valence-electron chi connectivity index (χ2n) is 2.36. The molecule has 7 heteroatoms. The molecule has 0 aliphatic heterocycles. The molecule has 0 bridgehead atoms. The maximum absolute atomic E-state index is 12.6. The number of nitrogens with one attached hydrogen (secondary N) is 1. The number of nitrogens with zero attached hydrogens (tertiary/aromatic N) is 1. The second-order valence-corrected chi connectivity index (χ2v) is 2.36. The van der Waals surface area contributed by atoms with Gasteiger partial charge in [0.05, 0.1) is 4.92 Å². The predicted molar refractivity (Wildman–Crippen MR) is 42.3 cm³/mol. The molecule has 0 saturated carbocycles. The summed E-state index contributed by atoms with van der Waals surface area (Å²) in [7, 11) is 0. The highest BCUT2D eigenvalue weighted by atomic mass is 19.1. The maximum atomic E-state index is 12.6. The molecule has 74 valence electrons. The van der Waals surface area contributed by atoms with E-state index in [2.05, 4.69) is 0 Å². The number of rotatable bonds is 2. The van der Waals surface area contributed by atoms with Gasteiger partial charge in [0.25, 0.3) is 11.6 Å². The van der Waals surface area contributed by atoms with Crippen LogP contribution in [0.3, 0.4) is 0 Å². The third-order valence-electron chi connectivity index (χ3n) is 1.50. The van der Waals surface area contributed by atoms with Crippen molar-refractivity contribution in [1.29, 1.82) is 0 Å². The highest BCUT2D eigenvalue weighted by molar-refractivity contribution is 5.97. The molecular formula is C7H5FN2O4. The van der Waals surface area contributed by atoms with E-state index < -0.39 is 27.9 Å². The van der Waals surface area contributed by atoms with Crippen LogP contribution in [0.1, 0.15) is 10.4 Å². The maximum Gasteiger partial charge on any atom is 0.282 e. The van der Waals surface area contributed by atoms with Crippen LogP contribution in [-0.2, 0) is 0 Å². The minimum atomic E-state index is -1.13. The summed E-state index contributed by atoms with van der Waals surface area (Å²) in [5.74, 6) is -1.93. The first-order valence-electron chi connectivity index (χ1n) is 3.44. The Morgan fingerprint density at radius 2 is 2.21 bits per heavy atom. The summed E-state index contributed by atoms with van der Waals surface area (Å²) in [6.07, 6.45) is 0. The van der Waals surface area contributed by atoms with Gasteiger partial charge < -0.3 is 0 Å². The lowest BCUT2D eigenvalue weighted by Gasteiger charge is -2.00. The van der Waals surface area contributed by atoms with Crippen LogP contribution in [0.2, 0.25) is 0 Å². The highest BCUT2D eigenvalue weighted by Gasteiger charge is 2.20. The van der Waals surface area contributed by atoms with Crippen LogP contribution in [0.15, 0.2) is 18.2 Å². The smallest absolute Gasteiger partial charge is 0.282 e. The molecule has 1 aromatic carbocycles. The van der Waals surface area contributed by atoms with Crippen molar-refractivity contribution in [3.05, 3.63) is 39.7 Å². The van der Waals surface area contributed by atoms with Crippen LogP contribution in [0.5, 0.6) is 0 Å². The van der Waals surface area contributed by atoms with Crippen LogP contribution in [0.4, 0.5) is 10.1 Å². The number of hydroxylamine groups is 1. The van der Waals surface area contributed by atoms with E-state index in [1.54, 1.807) is 0 Å². The zero-order chi connectivity index (χ0) is 10.7. The number of amides is 1. The van der Waals surface area contributed by atoms with Gasteiger partial charge >= 0.3 is 0 Å². The second kappa shape index (κ2) is 3.79. The average molecular weight is 200 g/mol. The molecule has 1 rings (SSSR count). The number of nitro benzene ring substituents is 1. The quantitative estimate of drug-likeness (QED) is 0.420. The first-order valence-corrected chi connectivity index (χ1v) is 3.44. The van der Waals surface area contributed by atoms with E-state index in [-0.39, 0.29) is 0 Å². The largest absolute Gasteiger partial charge is 0.288 e. The Kier molecular flexibility index (Phi) is 2.73. The van der Waals surface area contributed by atoms with Crippen LogP contribution < -0.4 is 5.48 Å². The summed E-state index contributed by atoms with van der Waals surface area (Å²) in [6, 6.07) is 2.37. The SMILES string of the molecule is O=C(NO)c1cc(F)ccc1[N+](=O)[O-]. The fraction of sp³-hybridized carbons (Fsp3) is 0. The van der Waals surface area contributed by atoms with E-state index in [1.165, 1.54) is 5.48 Å². The molecule has 6 nitrogen and oxygen atoms in total. The van der Waals surface area contributed by atoms with Gasteiger partial charge in [-0.15, -0.1) is 0 Å². The predicted octanol–water partition coefficient (Wildman–Crippen LogP) is 0.853. The number of nitro groups is 1. The molecule has 0 spiro atoms. The minimum absolute atomic E-state index is 0.530. The molecule has 0 aromatic heterocycles. The number of halogens is 1. The van der Waals surface area contributed by atoms with Crippen molar-refractivity contribution in [1.82, 2.24) is 5.48 Å². The van der Waals surface area contributed by atoms with E-state index in [0.29, 0.717) is 6.07 Å². The topological polar surface area (TPSA) is 92.5 Å². The standard InChI is InChI=1S/C7H5FN2O4/c8-4-1-2-6(10(13)14)5(3-4)7(11)9-12/h1-3,12H,(H,9,11). The minimum Gasteiger partial charge on any atom is -0.288 e. The summed E-state index contributed by atoms with van der Waals surface area (Å²) in [5.41, 5.74) is 0.0923. The molecule has 0 atom stereocenters. The Hall–Kier alpha value is -2.02. The number of hydrogen-bond acceptors (Lipinski definition) is 4.